The van der Waals surface area contributed by atoms with Gasteiger partial charge < -0.3 is 4.74 Å². The summed E-state index contributed by atoms with van der Waals surface area (Å²) in [5.74, 6) is -3.89. The summed E-state index contributed by atoms with van der Waals surface area (Å²) >= 11 is 1.38. The van der Waals surface area contributed by atoms with Gasteiger partial charge in [-0.3, -0.25) is 14.4 Å². The first-order valence-electron chi connectivity index (χ1n) is 14.0. The highest BCUT2D eigenvalue weighted by atomic mass is 32.1. The average molecular weight is 557 g/mol. The molecule has 3 heterocycles. The van der Waals surface area contributed by atoms with Gasteiger partial charge in [0.25, 0.3) is 0 Å². The standard InChI is InChI=1S/C34H24N2O4S/c35-17-24-21-12-6-7-13-26(21)41-33(24)36-31(37)28-22(18-8-2-1-3-9-18)16-23-27-20-11-5-4-10-19(20)14-15-25(27)40-34(39)29(23)30(28)32(36)38/h1-5,8-11,14-16,22,28-30H,6-7,12-13H2/t22-,28-,29+,30-/m0/s1. The second-order valence-corrected chi connectivity index (χ2v) is 12.3. The van der Waals surface area contributed by atoms with Crippen molar-refractivity contribution in [1.82, 2.24) is 0 Å². The number of hydrogen-bond donors (Lipinski definition) is 0. The van der Waals surface area contributed by atoms with Crippen molar-refractivity contribution in [3.05, 3.63) is 99.9 Å². The van der Waals surface area contributed by atoms with Crippen LogP contribution in [-0.4, -0.2) is 17.8 Å². The van der Waals surface area contributed by atoms with Crippen molar-refractivity contribution in [1.29, 1.82) is 5.26 Å². The molecule has 3 aromatic carbocycles. The van der Waals surface area contributed by atoms with E-state index < -0.39 is 35.5 Å². The van der Waals surface area contributed by atoms with Crippen LogP contribution in [0.2, 0.25) is 0 Å². The van der Waals surface area contributed by atoms with Crippen LogP contribution in [0.4, 0.5) is 5.00 Å². The van der Waals surface area contributed by atoms with Crippen molar-refractivity contribution in [3.8, 4) is 11.8 Å². The zero-order valence-electron chi connectivity index (χ0n) is 22.0. The number of nitriles is 1. The molecule has 2 amide bonds. The highest BCUT2D eigenvalue weighted by Gasteiger charge is 2.61. The van der Waals surface area contributed by atoms with E-state index in [0.29, 0.717) is 16.3 Å². The third kappa shape index (κ3) is 3.37. The van der Waals surface area contributed by atoms with Gasteiger partial charge in [0.15, 0.2) is 0 Å². The smallest absolute Gasteiger partial charge is 0.319 e. The van der Waals surface area contributed by atoms with Crippen molar-refractivity contribution in [2.24, 2.45) is 17.8 Å². The highest BCUT2D eigenvalue weighted by molar-refractivity contribution is 7.17. The van der Waals surface area contributed by atoms with Crippen molar-refractivity contribution in [2.75, 3.05) is 4.90 Å². The lowest BCUT2D eigenvalue weighted by molar-refractivity contribution is -0.142. The number of allylic oxidation sites excluding steroid dienone is 1. The number of carbonyl (C=O) groups excluding carboxylic acids is 3. The van der Waals surface area contributed by atoms with Gasteiger partial charge in [-0.25, -0.2) is 4.90 Å². The molecule has 0 spiro atoms. The Morgan fingerprint density at radius 3 is 2.46 bits per heavy atom. The molecule has 41 heavy (non-hydrogen) atoms. The maximum atomic E-state index is 14.5. The molecule has 4 atom stereocenters. The number of benzene rings is 3. The molecular formula is C34H24N2O4S. The maximum absolute atomic E-state index is 14.5. The summed E-state index contributed by atoms with van der Waals surface area (Å²) < 4.78 is 5.88. The average Bonchev–Trinajstić information content (AvgIpc) is 3.50. The van der Waals surface area contributed by atoms with Crippen molar-refractivity contribution >= 4 is 50.5 Å². The van der Waals surface area contributed by atoms with E-state index in [-0.39, 0.29) is 5.91 Å². The summed E-state index contributed by atoms with van der Waals surface area (Å²) in [6, 6.07) is 23.7. The Morgan fingerprint density at radius 2 is 1.63 bits per heavy atom. The minimum absolute atomic E-state index is 0.351. The van der Waals surface area contributed by atoms with Crippen LogP contribution in [-0.2, 0) is 27.2 Å². The Morgan fingerprint density at radius 1 is 0.878 bits per heavy atom. The number of ether oxygens (including phenoxy) is 1. The highest BCUT2D eigenvalue weighted by Crippen LogP contribution is 2.56. The number of rotatable bonds is 2. The first kappa shape index (κ1) is 24.3. The molecule has 4 aliphatic rings. The number of aryl methyl sites for hydroxylation is 1. The summed E-state index contributed by atoms with van der Waals surface area (Å²) in [6.45, 7) is 0. The van der Waals surface area contributed by atoms with E-state index in [1.54, 1.807) is 6.07 Å². The number of amides is 2. The van der Waals surface area contributed by atoms with Crippen LogP contribution in [0.5, 0.6) is 5.75 Å². The fraction of sp³-hybridized carbons (Fsp3) is 0.235. The predicted molar refractivity (Wildman–Crippen MR) is 155 cm³/mol. The summed E-state index contributed by atoms with van der Waals surface area (Å²) in [5, 5.41) is 12.5. The first-order chi connectivity index (χ1) is 20.1. The zero-order chi connectivity index (χ0) is 27.8. The summed E-state index contributed by atoms with van der Waals surface area (Å²) in [4.78, 5) is 44.8. The predicted octanol–water partition coefficient (Wildman–Crippen LogP) is 6.17. The monoisotopic (exact) mass is 556 g/mol. The largest absolute Gasteiger partial charge is 0.425 e. The SMILES string of the molecule is N#Cc1c(N2C(=O)[C@@H]3[C@@H]4C(=O)Oc5ccc6ccccc6c5C4=C[C@@H](c4ccccc4)[C@@H]3C2=O)sc2c1CCCC2. The van der Waals surface area contributed by atoms with Crippen molar-refractivity contribution in [2.45, 2.75) is 31.6 Å². The molecule has 2 aliphatic carbocycles. The van der Waals surface area contributed by atoms with Gasteiger partial charge in [-0.05, 0) is 59.2 Å². The van der Waals surface area contributed by atoms with Gasteiger partial charge in [0.2, 0.25) is 11.8 Å². The van der Waals surface area contributed by atoms with Crippen molar-refractivity contribution < 1.29 is 19.1 Å². The lowest BCUT2D eigenvalue weighted by Gasteiger charge is -2.38. The van der Waals surface area contributed by atoms with Gasteiger partial charge >= 0.3 is 5.97 Å². The summed E-state index contributed by atoms with van der Waals surface area (Å²) in [5.41, 5.74) is 3.83. The Kier molecular flexibility index (Phi) is 5.32. The molecule has 0 unspecified atom stereocenters. The molecular weight excluding hydrogens is 532 g/mol. The lowest BCUT2D eigenvalue weighted by atomic mass is 9.64. The summed E-state index contributed by atoms with van der Waals surface area (Å²) in [6.07, 6.45) is 5.64. The number of carbonyl (C=O) groups is 3. The van der Waals surface area contributed by atoms with Gasteiger partial charge in [-0.2, -0.15) is 5.26 Å². The van der Waals surface area contributed by atoms with E-state index in [0.717, 1.165) is 63.6 Å². The van der Waals surface area contributed by atoms with E-state index in [9.17, 15) is 19.6 Å². The van der Waals surface area contributed by atoms with Gasteiger partial charge in [0, 0.05) is 16.4 Å². The van der Waals surface area contributed by atoms with E-state index in [2.05, 4.69) is 6.07 Å². The Hall–Kier alpha value is -4.54. The van der Waals surface area contributed by atoms with E-state index in [1.807, 2.05) is 66.7 Å². The van der Waals surface area contributed by atoms with E-state index in [4.69, 9.17) is 4.74 Å². The second-order valence-electron chi connectivity index (χ2n) is 11.2. The molecule has 0 saturated carbocycles. The zero-order valence-corrected chi connectivity index (χ0v) is 22.8. The maximum Gasteiger partial charge on any atom is 0.319 e. The fourth-order valence-corrected chi connectivity index (χ4v) is 8.71. The minimum atomic E-state index is -0.932. The molecule has 1 saturated heterocycles. The normalized spacial score (nSPS) is 24.6. The van der Waals surface area contributed by atoms with Crippen LogP contribution in [0.25, 0.3) is 16.3 Å². The topological polar surface area (TPSA) is 87.5 Å². The molecule has 6 nitrogen and oxygen atoms in total. The molecule has 200 valence electrons. The molecule has 2 aliphatic heterocycles. The van der Waals surface area contributed by atoms with Crippen LogP contribution < -0.4 is 9.64 Å². The number of hydrogen-bond acceptors (Lipinski definition) is 6. The number of anilines is 1. The van der Waals surface area contributed by atoms with Crippen LogP contribution in [0.15, 0.2) is 72.8 Å². The third-order valence-electron chi connectivity index (χ3n) is 9.13. The number of nitrogens with zero attached hydrogens (tertiary/aromatic N) is 2. The fourth-order valence-electron chi connectivity index (χ4n) is 7.36. The van der Waals surface area contributed by atoms with Crippen LogP contribution >= 0.6 is 11.3 Å². The van der Waals surface area contributed by atoms with E-state index >= 15 is 0 Å². The molecule has 0 bridgehead atoms. The number of fused-ring (bicyclic) bond motifs is 8. The Labute approximate surface area is 240 Å². The molecule has 1 aromatic heterocycles. The van der Waals surface area contributed by atoms with Gasteiger partial charge in [0.05, 0.1) is 23.3 Å². The van der Waals surface area contributed by atoms with Crippen LogP contribution in [0.3, 0.4) is 0 Å². The van der Waals surface area contributed by atoms with Gasteiger partial charge in [0.1, 0.15) is 16.8 Å². The Balaban J connectivity index is 1.35. The van der Waals surface area contributed by atoms with Crippen LogP contribution in [0, 0.1) is 29.1 Å². The molecule has 4 aromatic rings. The first-order valence-corrected chi connectivity index (χ1v) is 14.8. The summed E-state index contributed by atoms with van der Waals surface area (Å²) in [7, 11) is 0. The van der Waals surface area contributed by atoms with Gasteiger partial charge in [-0.15, -0.1) is 11.3 Å². The Bertz CT molecular complexity index is 1880. The second kappa shape index (κ2) is 8.98. The molecule has 0 radical (unpaired) electrons. The molecule has 7 heteroatoms. The quantitative estimate of drug-likeness (QED) is 0.167. The molecule has 1 fully saturated rings. The van der Waals surface area contributed by atoms with Crippen LogP contribution in [0.1, 0.15) is 45.9 Å². The van der Waals surface area contributed by atoms with E-state index in [1.165, 1.54) is 16.2 Å². The minimum Gasteiger partial charge on any atom is -0.425 e. The third-order valence-corrected chi connectivity index (χ3v) is 10.4. The van der Waals surface area contributed by atoms with Gasteiger partial charge in [-0.1, -0.05) is 66.7 Å². The molecule has 0 N–H and O–H groups in total. The number of esters is 1. The number of thiophene rings is 1. The number of imide groups is 1. The van der Waals surface area contributed by atoms with Crippen molar-refractivity contribution in [3.63, 3.8) is 0 Å². The lowest BCUT2D eigenvalue weighted by Crippen LogP contribution is -2.42. The molecule has 8 rings (SSSR count).